The van der Waals surface area contributed by atoms with Crippen molar-refractivity contribution in [1.82, 2.24) is 0 Å². The molecule has 0 spiro atoms. The molecule has 0 saturated heterocycles. The molecule has 1 N–H and O–H groups in total. The highest BCUT2D eigenvalue weighted by Crippen LogP contribution is 2.22. The summed E-state index contributed by atoms with van der Waals surface area (Å²) < 4.78 is 0. The van der Waals surface area contributed by atoms with E-state index in [1.165, 1.54) is 0 Å². The lowest BCUT2D eigenvalue weighted by Crippen LogP contribution is -2.09. The summed E-state index contributed by atoms with van der Waals surface area (Å²) >= 11 is 0. The molecule has 2 nitrogen and oxygen atoms in total. The Balaban J connectivity index is 2.33. The van der Waals surface area contributed by atoms with Gasteiger partial charge in [0, 0.05) is 0 Å². The second-order valence-corrected chi connectivity index (χ2v) is 3.53. The number of aliphatic hydroxyl groups is 1. The van der Waals surface area contributed by atoms with Crippen LogP contribution in [0.3, 0.4) is 0 Å². The van der Waals surface area contributed by atoms with Gasteiger partial charge < -0.3 is 5.11 Å². The van der Waals surface area contributed by atoms with Crippen molar-refractivity contribution < 1.29 is 9.90 Å². The molecule has 0 amide bonds. The number of aliphatic hydroxyl groups excluding tert-OH is 1. The molecule has 1 atom stereocenters. The minimum absolute atomic E-state index is 0.00824. The Morgan fingerprint density at radius 3 is 2.87 bits per heavy atom. The van der Waals surface area contributed by atoms with E-state index in [1.807, 2.05) is 36.4 Å². The van der Waals surface area contributed by atoms with Crippen molar-refractivity contribution in [1.29, 1.82) is 0 Å². The Labute approximate surface area is 88.6 Å². The van der Waals surface area contributed by atoms with Gasteiger partial charge in [-0.1, -0.05) is 42.5 Å². The molecule has 0 saturated carbocycles. The lowest BCUT2D eigenvalue weighted by molar-refractivity contribution is -0.115. The van der Waals surface area contributed by atoms with Crippen LogP contribution in [0.25, 0.3) is 0 Å². The molecule has 1 aromatic carbocycles. The second kappa shape index (κ2) is 4.24. The summed E-state index contributed by atoms with van der Waals surface area (Å²) in [6, 6.07) is 7.48. The third kappa shape index (κ3) is 2.05. The Morgan fingerprint density at radius 2 is 2.13 bits per heavy atom. The molecule has 0 radical (unpaired) electrons. The van der Waals surface area contributed by atoms with Crippen LogP contribution < -0.4 is 0 Å². The fourth-order valence-corrected chi connectivity index (χ4v) is 1.68. The molecule has 1 aliphatic carbocycles. The van der Waals surface area contributed by atoms with E-state index in [0.29, 0.717) is 0 Å². The van der Waals surface area contributed by atoms with Gasteiger partial charge in [0.15, 0.2) is 5.78 Å². The highest BCUT2D eigenvalue weighted by molar-refractivity contribution is 5.98. The van der Waals surface area contributed by atoms with Crippen molar-refractivity contribution in [2.45, 2.75) is 12.5 Å². The van der Waals surface area contributed by atoms with Gasteiger partial charge in [-0.15, -0.1) is 0 Å². The average molecular weight is 200 g/mol. The lowest BCUT2D eigenvalue weighted by atomic mass is 9.90. The van der Waals surface area contributed by atoms with Gasteiger partial charge in [0.25, 0.3) is 0 Å². The molecule has 2 rings (SSSR count). The first-order valence-corrected chi connectivity index (χ1v) is 4.89. The van der Waals surface area contributed by atoms with Crippen molar-refractivity contribution >= 4 is 5.78 Å². The molecule has 1 aliphatic rings. The molecule has 0 heterocycles. The summed E-state index contributed by atoms with van der Waals surface area (Å²) in [5, 5.41) is 9.01. The third-order valence-electron chi connectivity index (χ3n) is 2.47. The minimum Gasteiger partial charge on any atom is -0.392 e. The summed E-state index contributed by atoms with van der Waals surface area (Å²) in [5.41, 5.74) is 1.77. The summed E-state index contributed by atoms with van der Waals surface area (Å²) in [5.74, 6) is -0.103. The number of allylic oxidation sites excluding steroid dienone is 4. The SMILES string of the molecule is O=C1C=CC=CC1c1cccc(CO)c1. The van der Waals surface area contributed by atoms with Crippen LogP contribution in [0.15, 0.2) is 48.6 Å². The number of carbonyl (C=O) groups excluding carboxylic acids is 1. The topological polar surface area (TPSA) is 37.3 Å². The van der Waals surface area contributed by atoms with Crippen molar-refractivity contribution in [2.24, 2.45) is 0 Å². The van der Waals surface area contributed by atoms with Crippen LogP contribution in [0.1, 0.15) is 17.0 Å². The smallest absolute Gasteiger partial charge is 0.166 e. The van der Waals surface area contributed by atoms with Gasteiger partial charge >= 0.3 is 0 Å². The maximum atomic E-state index is 11.6. The van der Waals surface area contributed by atoms with E-state index in [9.17, 15) is 4.79 Å². The normalized spacial score (nSPS) is 19.5. The van der Waals surface area contributed by atoms with Crippen molar-refractivity contribution in [3.8, 4) is 0 Å². The van der Waals surface area contributed by atoms with Gasteiger partial charge in [0.05, 0.1) is 12.5 Å². The molecule has 15 heavy (non-hydrogen) atoms. The standard InChI is InChI=1S/C13H12O2/c14-9-10-4-3-5-11(8-10)12-6-1-2-7-13(12)15/h1-8,12,14H,9H2. The van der Waals surface area contributed by atoms with Crippen molar-refractivity contribution in [3.05, 3.63) is 59.7 Å². The zero-order valence-corrected chi connectivity index (χ0v) is 8.26. The van der Waals surface area contributed by atoms with E-state index in [-0.39, 0.29) is 18.3 Å². The first-order chi connectivity index (χ1) is 7.31. The largest absolute Gasteiger partial charge is 0.392 e. The number of benzene rings is 1. The first-order valence-electron chi connectivity index (χ1n) is 4.89. The van der Waals surface area contributed by atoms with Gasteiger partial charge in [-0.05, 0) is 17.2 Å². The Bertz CT molecular complexity index is 430. The van der Waals surface area contributed by atoms with E-state index in [1.54, 1.807) is 12.2 Å². The third-order valence-corrected chi connectivity index (χ3v) is 2.47. The fraction of sp³-hybridized carbons (Fsp3) is 0.154. The maximum Gasteiger partial charge on any atom is 0.166 e. The monoisotopic (exact) mass is 200 g/mol. The predicted octanol–water partition coefficient (Wildman–Crippen LogP) is 1.96. The van der Waals surface area contributed by atoms with Crippen LogP contribution in [0.2, 0.25) is 0 Å². The number of rotatable bonds is 2. The maximum absolute atomic E-state index is 11.6. The Morgan fingerprint density at radius 1 is 1.27 bits per heavy atom. The zero-order chi connectivity index (χ0) is 10.7. The molecule has 0 bridgehead atoms. The molecule has 0 aliphatic heterocycles. The summed E-state index contributed by atoms with van der Waals surface area (Å²) in [7, 11) is 0. The van der Waals surface area contributed by atoms with Crippen LogP contribution in [-0.2, 0) is 11.4 Å². The minimum atomic E-state index is -0.193. The van der Waals surface area contributed by atoms with E-state index in [2.05, 4.69) is 0 Å². The predicted molar refractivity (Wildman–Crippen MR) is 58.4 cm³/mol. The van der Waals surface area contributed by atoms with Crippen LogP contribution >= 0.6 is 0 Å². The van der Waals surface area contributed by atoms with Gasteiger partial charge in [-0.25, -0.2) is 0 Å². The van der Waals surface area contributed by atoms with Crippen molar-refractivity contribution in [2.75, 3.05) is 0 Å². The van der Waals surface area contributed by atoms with E-state index < -0.39 is 0 Å². The molecule has 2 heteroatoms. The summed E-state index contributed by atoms with van der Waals surface area (Å²) in [6.07, 6.45) is 7.07. The van der Waals surface area contributed by atoms with E-state index >= 15 is 0 Å². The summed E-state index contributed by atoms with van der Waals surface area (Å²) in [6.45, 7) is 0.00824. The van der Waals surface area contributed by atoms with Gasteiger partial charge in [0.1, 0.15) is 0 Å². The number of hydrogen-bond donors (Lipinski definition) is 1. The van der Waals surface area contributed by atoms with Crippen LogP contribution in [0.4, 0.5) is 0 Å². The zero-order valence-electron chi connectivity index (χ0n) is 8.26. The average Bonchev–Trinajstić information content (AvgIpc) is 2.30. The summed E-state index contributed by atoms with van der Waals surface area (Å²) in [4.78, 5) is 11.6. The van der Waals surface area contributed by atoms with Crippen molar-refractivity contribution in [3.63, 3.8) is 0 Å². The molecule has 76 valence electrons. The van der Waals surface area contributed by atoms with Gasteiger partial charge in [-0.3, -0.25) is 4.79 Å². The van der Waals surface area contributed by atoms with E-state index in [4.69, 9.17) is 5.11 Å². The molecule has 0 fully saturated rings. The first kappa shape index (κ1) is 9.87. The number of hydrogen-bond acceptors (Lipinski definition) is 2. The molecule has 1 aromatic rings. The Kier molecular flexibility index (Phi) is 2.79. The second-order valence-electron chi connectivity index (χ2n) is 3.53. The van der Waals surface area contributed by atoms with Crippen LogP contribution in [-0.4, -0.2) is 10.9 Å². The molecular weight excluding hydrogens is 188 g/mol. The number of carbonyl (C=O) groups is 1. The molecule has 0 aromatic heterocycles. The highest BCUT2D eigenvalue weighted by atomic mass is 16.3. The number of ketones is 1. The van der Waals surface area contributed by atoms with Crippen LogP contribution in [0.5, 0.6) is 0 Å². The van der Waals surface area contributed by atoms with E-state index in [0.717, 1.165) is 11.1 Å². The van der Waals surface area contributed by atoms with Gasteiger partial charge in [-0.2, -0.15) is 0 Å². The van der Waals surface area contributed by atoms with Crippen LogP contribution in [0, 0.1) is 0 Å². The molecule has 1 unspecified atom stereocenters. The quantitative estimate of drug-likeness (QED) is 0.792. The fourth-order valence-electron chi connectivity index (χ4n) is 1.68. The Hall–Kier alpha value is -1.67. The lowest BCUT2D eigenvalue weighted by Gasteiger charge is -2.12. The van der Waals surface area contributed by atoms with Gasteiger partial charge in [0.2, 0.25) is 0 Å². The molecular formula is C13H12O2. The highest BCUT2D eigenvalue weighted by Gasteiger charge is 2.16.